The van der Waals surface area contributed by atoms with Crippen LogP contribution < -0.4 is 5.32 Å². The first-order valence-electron chi connectivity index (χ1n) is 8.67. The Morgan fingerprint density at radius 1 is 1.26 bits per heavy atom. The summed E-state index contributed by atoms with van der Waals surface area (Å²) in [6, 6.07) is 0. The van der Waals surface area contributed by atoms with Crippen molar-refractivity contribution in [2.45, 2.75) is 58.2 Å². The number of rotatable bonds is 15. The highest BCUT2D eigenvalue weighted by atomic mass is 16.4. The lowest BCUT2D eigenvalue weighted by Crippen LogP contribution is -2.39. The molecule has 2 unspecified atom stereocenters. The summed E-state index contributed by atoms with van der Waals surface area (Å²) in [6.45, 7) is 6.77. The van der Waals surface area contributed by atoms with E-state index in [1.807, 2.05) is 17.9 Å². The highest BCUT2D eigenvalue weighted by Crippen LogP contribution is 2.00. The predicted octanol–water partition coefficient (Wildman–Crippen LogP) is 1.23. The Balaban J connectivity index is 4.09. The summed E-state index contributed by atoms with van der Waals surface area (Å²) >= 11 is 0. The molecule has 0 aromatic rings. The van der Waals surface area contributed by atoms with Gasteiger partial charge >= 0.3 is 5.97 Å². The van der Waals surface area contributed by atoms with Crippen LogP contribution in [0.3, 0.4) is 0 Å². The van der Waals surface area contributed by atoms with Gasteiger partial charge in [0.1, 0.15) is 0 Å². The lowest BCUT2D eigenvalue weighted by Gasteiger charge is -2.24. The molecule has 23 heavy (non-hydrogen) atoms. The molecular weight excluding hydrogens is 296 g/mol. The van der Waals surface area contributed by atoms with E-state index in [4.69, 9.17) is 5.11 Å². The first-order valence-corrected chi connectivity index (χ1v) is 8.67. The van der Waals surface area contributed by atoms with Crippen LogP contribution in [-0.4, -0.2) is 71.1 Å². The molecule has 0 fully saturated rings. The smallest absolute Gasteiger partial charge is 0.304 e. The Hall–Kier alpha value is -0.950. The fourth-order valence-electron chi connectivity index (χ4n) is 2.21. The zero-order valence-electron chi connectivity index (χ0n) is 14.6. The highest BCUT2D eigenvalue weighted by Gasteiger charge is 2.11. The van der Waals surface area contributed by atoms with Crippen molar-refractivity contribution in [2.24, 2.45) is 0 Å². The number of aliphatic carboxylic acids is 1. The maximum atomic E-state index is 10.7. The van der Waals surface area contributed by atoms with Crippen LogP contribution in [0, 0.1) is 0 Å². The SMILES string of the molecule is CC/C=C/C(O)CN(CCNCC(O)CCCC)CCC(=O)O. The van der Waals surface area contributed by atoms with Crippen LogP contribution >= 0.6 is 0 Å². The van der Waals surface area contributed by atoms with Crippen LogP contribution in [0.5, 0.6) is 0 Å². The minimum absolute atomic E-state index is 0.0589. The molecule has 6 heteroatoms. The van der Waals surface area contributed by atoms with E-state index in [0.717, 1.165) is 25.7 Å². The fourth-order valence-corrected chi connectivity index (χ4v) is 2.21. The summed E-state index contributed by atoms with van der Waals surface area (Å²) < 4.78 is 0. The third-order valence-electron chi connectivity index (χ3n) is 3.56. The van der Waals surface area contributed by atoms with Crippen LogP contribution in [-0.2, 0) is 4.79 Å². The van der Waals surface area contributed by atoms with Gasteiger partial charge in [0.2, 0.25) is 0 Å². The van der Waals surface area contributed by atoms with E-state index >= 15 is 0 Å². The molecule has 2 atom stereocenters. The zero-order chi connectivity index (χ0) is 17.5. The molecule has 0 amide bonds. The number of aliphatic hydroxyl groups excluding tert-OH is 2. The number of carboxylic acids is 1. The Morgan fingerprint density at radius 3 is 2.61 bits per heavy atom. The van der Waals surface area contributed by atoms with Crippen molar-refractivity contribution < 1.29 is 20.1 Å². The van der Waals surface area contributed by atoms with Crippen LogP contribution in [0.15, 0.2) is 12.2 Å². The van der Waals surface area contributed by atoms with Crippen molar-refractivity contribution in [2.75, 3.05) is 32.7 Å². The normalized spacial score (nSPS) is 14.5. The molecule has 0 bridgehead atoms. The Kier molecular flexibility index (Phi) is 14.0. The molecule has 136 valence electrons. The van der Waals surface area contributed by atoms with Gasteiger partial charge in [0.25, 0.3) is 0 Å². The summed E-state index contributed by atoms with van der Waals surface area (Å²) in [4.78, 5) is 12.7. The molecule has 0 aromatic carbocycles. The zero-order valence-corrected chi connectivity index (χ0v) is 14.6. The van der Waals surface area contributed by atoms with Gasteiger partial charge in [-0.15, -0.1) is 0 Å². The molecule has 0 aliphatic carbocycles. The van der Waals surface area contributed by atoms with Gasteiger partial charge in [-0.25, -0.2) is 0 Å². The number of allylic oxidation sites excluding steroid dienone is 1. The van der Waals surface area contributed by atoms with E-state index < -0.39 is 12.1 Å². The molecular formula is C17H34N2O4. The Bertz CT molecular complexity index is 324. The minimum atomic E-state index is -0.837. The van der Waals surface area contributed by atoms with Crippen LogP contribution in [0.25, 0.3) is 0 Å². The maximum Gasteiger partial charge on any atom is 0.304 e. The average molecular weight is 330 g/mol. The van der Waals surface area contributed by atoms with E-state index in [-0.39, 0.29) is 12.5 Å². The maximum absolute atomic E-state index is 10.7. The van der Waals surface area contributed by atoms with E-state index in [1.165, 1.54) is 0 Å². The van der Waals surface area contributed by atoms with Crippen molar-refractivity contribution >= 4 is 5.97 Å². The summed E-state index contributed by atoms with van der Waals surface area (Å²) in [7, 11) is 0. The number of carboxylic acid groups (broad SMARTS) is 1. The van der Waals surface area contributed by atoms with Crippen molar-refractivity contribution in [1.82, 2.24) is 10.2 Å². The molecule has 0 heterocycles. The number of nitrogens with one attached hydrogen (secondary N) is 1. The van der Waals surface area contributed by atoms with Gasteiger partial charge in [-0.3, -0.25) is 9.69 Å². The van der Waals surface area contributed by atoms with Gasteiger partial charge in [-0.1, -0.05) is 38.8 Å². The summed E-state index contributed by atoms with van der Waals surface area (Å²) in [5.74, 6) is -0.837. The number of nitrogens with zero attached hydrogens (tertiary/aromatic N) is 1. The second-order valence-electron chi connectivity index (χ2n) is 5.85. The monoisotopic (exact) mass is 330 g/mol. The fraction of sp³-hybridized carbons (Fsp3) is 0.824. The van der Waals surface area contributed by atoms with Gasteiger partial charge in [0.05, 0.1) is 18.6 Å². The van der Waals surface area contributed by atoms with Crippen LogP contribution in [0.1, 0.15) is 46.0 Å². The second-order valence-corrected chi connectivity index (χ2v) is 5.85. The number of carbonyl (C=O) groups is 1. The van der Waals surface area contributed by atoms with Crippen molar-refractivity contribution in [3.8, 4) is 0 Å². The van der Waals surface area contributed by atoms with E-state index in [9.17, 15) is 15.0 Å². The predicted molar refractivity (Wildman–Crippen MR) is 92.5 cm³/mol. The van der Waals surface area contributed by atoms with E-state index in [1.54, 1.807) is 6.08 Å². The molecule has 0 spiro atoms. The summed E-state index contributed by atoms with van der Waals surface area (Å²) in [5.41, 5.74) is 0. The summed E-state index contributed by atoms with van der Waals surface area (Å²) in [6.07, 6.45) is 6.55. The standard InChI is InChI=1S/C17H34N2O4/c1-3-5-7-15(20)13-18-10-12-19(11-9-17(22)23)14-16(21)8-6-4-2/h6,8,15-16,18,20-21H,3-5,7,9-14H2,1-2H3,(H,22,23)/b8-6+. The van der Waals surface area contributed by atoms with Gasteiger partial charge in [0.15, 0.2) is 0 Å². The van der Waals surface area contributed by atoms with E-state index in [2.05, 4.69) is 12.2 Å². The summed E-state index contributed by atoms with van der Waals surface area (Å²) in [5, 5.41) is 31.7. The first-order chi connectivity index (χ1) is 11.0. The first kappa shape index (κ1) is 22.1. The Morgan fingerprint density at radius 2 is 2.00 bits per heavy atom. The third-order valence-corrected chi connectivity index (χ3v) is 3.56. The molecule has 0 radical (unpaired) electrons. The lowest BCUT2D eigenvalue weighted by molar-refractivity contribution is -0.137. The molecule has 0 aliphatic heterocycles. The highest BCUT2D eigenvalue weighted by molar-refractivity contribution is 5.66. The van der Waals surface area contributed by atoms with Crippen LogP contribution in [0.2, 0.25) is 0 Å². The Labute approximate surface area is 140 Å². The van der Waals surface area contributed by atoms with Crippen molar-refractivity contribution in [3.63, 3.8) is 0 Å². The van der Waals surface area contributed by atoms with E-state index in [0.29, 0.717) is 32.7 Å². The number of aliphatic hydroxyl groups is 2. The van der Waals surface area contributed by atoms with Crippen LogP contribution in [0.4, 0.5) is 0 Å². The lowest BCUT2D eigenvalue weighted by atomic mass is 10.1. The van der Waals surface area contributed by atoms with Crippen molar-refractivity contribution in [1.29, 1.82) is 0 Å². The number of hydrogen-bond acceptors (Lipinski definition) is 5. The van der Waals surface area contributed by atoms with Gasteiger partial charge in [0, 0.05) is 32.7 Å². The van der Waals surface area contributed by atoms with Gasteiger partial charge in [-0.05, 0) is 12.8 Å². The third kappa shape index (κ3) is 14.4. The van der Waals surface area contributed by atoms with Gasteiger partial charge in [-0.2, -0.15) is 0 Å². The molecule has 0 aliphatic rings. The topological polar surface area (TPSA) is 93.0 Å². The average Bonchev–Trinajstić information content (AvgIpc) is 2.52. The molecule has 0 aromatic heterocycles. The molecule has 0 saturated heterocycles. The number of unbranched alkanes of at least 4 members (excludes halogenated alkanes) is 1. The quantitative estimate of drug-likeness (QED) is 0.267. The molecule has 4 N–H and O–H groups in total. The number of hydrogen-bond donors (Lipinski definition) is 4. The van der Waals surface area contributed by atoms with Crippen molar-refractivity contribution in [3.05, 3.63) is 12.2 Å². The molecule has 0 saturated carbocycles. The minimum Gasteiger partial charge on any atom is -0.481 e. The largest absolute Gasteiger partial charge is 0.481 e. The van der Waals surface area contributed by atoms with Gasteiger partial charge < -0.3 is 20.6 Å². The molecule has 6 nitrogen and oxygen atoms in total. The molecule has 0 rings (SSSR count). The second kappa shape index (κ2) is 14.6.